The van der Waals surface area contributed by atoms with Crippen LogP contribution in [0.4, 0.5) is 19.3 Å². The SMILES string of the molecule is O=CCC1CCN(C(=O)OCCN(c2cc(F)ccc2F)S(=O)(=O)c2ccc(Cl)s2)CC1. The Balaban J connectivity index is 1.72. The standard InChI is InChI=1S/C20H21ClF2N2O5S2/c21-18-3-4-19(31-18)32(28,29)25(17-13-15(22)1-2-16(17)23)10-12-30-20(27)24-8-5-14(6-9-24)7-11-26/h1-4,11,13-14H,5-10,12H2. The summed E-state index contributed by atoms with van der Waals surface area (Å²) in [5, 5.41) is 0. The number of nitrogens with zero attached hydrogens (tertiary/aromatic N) is 2. The van der Waals surface area contributed by atoms with Gasteiger partial charge in [0.1, 0.15) is 28.7 Å². The zero-order chi connectivity index (χ0) is 23.3. The highest BCUT2D eigenvalue weighted by molar-refractivity contribution is 7.94. The van der Waals surface area contributed by atoms with Gasteiger partial charge in [0, 0.05) is 25.6 Å². The number of anilines is 1. The number of carbonyl (C=O) groups is 2. The van der Waals surface area contributed by atoms with Crippen LogP contribution in [-0.2, 0) is 19.6 Å². The number of likely N-dealkylation sites (tertiary alicyclic amines) is 1. The Morgan fingerprint density at radius 3 is 2.59 bits per heavy atom. The highest BCUT2D eigenvalue weighted by atomic mass is 35.5. The largest absolute Gasteiger partial charge is 0.447 e. The van der Waals surface area contributed by atoms with Crippen molar-refractivity contribution in [3.63, 3.8) is 0 Å². The van der Waals surface area contributed by atoms with Gasteiger partial charge in [0.25, 0.3) is 10.0 Å². The zero-order valence-electron chi connectivity index (χ0n) is 16.9. The molecule has 3 rings (SSSR count). The van der Waals surface area contributed by atoms with E-state index in [0.29, 0.717) is 36.7 Å². The second-order valence-corrected chi connectivity index (χ2v) is 11.0. The van der Waals surface area contributed by atoms with Crippen LogP contribution in [0.5, 0.6) is 0 Å². The minimum atomic E-state index is -4.29. The number of aldehydes is 1. The van der Waals surface area contributed by atoms with Crippen LogP contribution in [0.15, 0.2) is 34.5 Å². The average Bonchev–Trinajstić information content (AvgIpc) is 3.21. The van der Waals surface area contributed by atoms with Gasteiger partial charge in [-0.25, -0.2) is 22.0 Å². The van der Waals surface area contributed by atoms with E-state index in [4.69, 9.17) is 16.3 Å². The molecule has 12 heteroatoms. The lowest BCUT2D eigenvalue weighted by atomic mass is 9.94. The minimum Gasteiger partial charge on any atom is -0.447 e. The molecule has 7 nitrogen and oxygen atoms in total. The first-order chi connectivity index (χ1) is 15.2. The van der Waals surface area contributed by atoms with E-state index in [0.717, 1.165) is 35.8 Å². The van der Waals surface area contributed by atoms with Crippen LogP contribution in [0.1, 0.15) is 19.3 Å². The molecule has 1 aliphatic rings. The van der Waals surface area contributed by atoms with E-state index < -0.39 is 40.0 Å². The summed E-state index contributed by atoms with van der Waals surface area (Å²) < 4.78 is 60.3. The number of ether oxygens (including phenoxy) is 1. The summed E-state index contributed by atoms with van der Waals surface area (Å²) >= 11 is 6.62. The van der Waals surface area contributed by atoms with Gasteiger partial charge < -0.3 is 14.4 Å². The lowest BCUT2D eigenvalue weighted by Crippen LogP contribution is -2.40. The summed E-state index contributed by atoms with van der Waals surface area (Å²) in [5.41, 5.74) is -0.500. The molecule has 1 aromatic carbocycles. The van der Waals surface area contributed by atoms with Crippen molar-refractivity contribution in [2.75, 3.05) is 30.5 Å². The van der Waals surface area contributed by atoms with Gasteiger partial charge in [0.05, 0.1) is 16.6 Å². The number of hydrogen-bond acceptors (Lipinski definition) is 6. The van der Waals surface area contributed by atoms with E-state index in [2.05, 4.69) is 0 Å². The minimum absolute atomic E-state index is 0.158. The van der Waals surface area contributed by atoms with Gasteiger partial charge in [-0.1, -0.05) is 11.6 Å². The highest BCUT2D eigenvalue weighted by Crippen LogP contribution is 2.32. The Morgan fingerprint density at radius 1 is 1.25 bits per heavy atom. The predicted molar refractivity (Wildman–Crippen MR) is 117 cm³/mol. The third-order valence-corrected chi connectivity index (χ3v) is 8.60. The Bertz CT molecular complexity index is 1070. The van der Waals surface area contributed by atoms with Crippen molar-refractivity contribution in [1.82, 2.24) is 4.90 Å². The molecule has 0 radical (unpaired) electrons. The molecule has 0 aliphatic carbocycles. The Hall–Kier alpha value is -2.24. The molecule has 0 atom stereocenters. The summed E-state index contributed by atoms with van der Waals surface area (Å²) in [7, 11) is -4.29. The summed E-state index contributed by atoms with van der Waals surface area (Å²) in [5.74, 6) is -1.53. The fourth-order valence-electron chi connectivity index (χ4n) is 3.39. The van der Waals surface area contributed by atoms with Gasteiger partial charge >= 0.3 is 6.09 Å². The molecule has 0 N–H and O–H groups in total. The third kappa shape index (κ3) is 5.76. The molecule has 1 fully saturated rings. The predicted octanol–water partition coefficient (Wildman–Crippen LogP) is 4.31. The molecule has 0 spiro atoms. The van der Waals surface area contributed by atoms with Crippen molar-refractivity contribution in [3.8, 4) is 0 Å². The Labute approximate surface area is 193 Å². The van der Waals surface area contributed by atoms with Crippen LogP contribution in [0.2, 0.25) is 4.34 Å². The number of carbonyl (C=O) groups excluding carboxylic acids is 2. The maximum absolute atomic E-state index is 14.4. The lowest BCUT2D eigenvalue weighted by molar-refractivity contribution is -0.108. The molecule has 2 aromatic rings. The van der Waals surface area contributed by atoms with Gasteiger partial charge in [-0.3, -0.25) is 4.31 Å². The summed E-state index contributed by atoms with van der Waals surface area (Å²) in [6.07, 6.45) is 2.01. The average molecular weight is 507 g/mol. The number of benzene rings is 1. The monoisotopic (exact) mass is 506 g/mol. The van der Waals surface area contributed by atoms with E-state index in [1.807, 2.05) is 0 Å². The van der Waals surface area contributed by atoms with Gasteiger partial charge in [-0.05, 0) is 43.0 Å². The summed E-state index contributed by atoms with van der Waals surface area (Å²) in [4.78, 5) is 24.4. The van der Waals surface area contributed by atoms with Gasteiger partial charge in [-0.2, -0.15) is 0 Å². The smallest absolute Gasteiger partial charge is 0.409 e. The fraction of sp³-hybridized carbons (Fsp3) is 0.400. The number of amides is 1. The highest BCUT2D eigenvalue weighted by Gasteiger charge is 2.30. The van der Waals surface area contributed by atoms with Crippen LogP contribution < -0.4 is 4.31 Å². The number of rotatable bonds is 8. The molecule has 0 bridgehead atoms. The van der Waals surface area contributed by atoms with Crippen LogP contribution >= 0.6 is 22.9 Å². The van der Waals surface area contributed by atoms with E-state index in [1.165, 1.54) is 17.0 Å². The molecule has 1 amide bonds. The van der Waals surface area contributed by atoms with Crippen LogP contribution in [0.25, 0.3) is 0 Å². The molecule has 32 heavy (non-hydrogen) atoms. The van der Waals surface area contributed by atoms with Crippen molar-refractivity contribution in [2.24, 2.45) is 5.92 Å². The first kappa shape index (κ1) is 24.4. The quantitative estimate of drug-likeness (QED) is 0.498. The van der Waals surface area contributed by atoms with Crippen LogP contribution in [-0.4, -0.2) is 51.9 Å². The molecule has 2 heterocycles. The Kier molecular flexibility index (Phi) is 8.07. The lowest BCUT2D eigenvalue weighted by Gasteiger charge is -2.31. The third-order valence-electron chi connectivity index (χ3n) is 5.09. The van der Waals surface area contributed by atoms with Gasteiger partial charge in [-0.15, -0.1) is 11.3 Å². The van der Waals surface area contributed by atoms with Crippen molar-refractivity contribution in [1.29, 1.82) is 0 Å². The normalized spacial score (nSPS) is 14.9. The maximum atomic E-state index is 14.4. The second kappa shape index (κ2) is 10.6. The number of thiophene rings is 1. The molecular weight excluding hydrogens is 486 g/mol. The van der Waals surface area contributed by atoms with Gasteiger partial charge in [0.2, 0.25) is 0 Å². The van der Waals surface area contributed by atoms with E-state index in [-0.39, 0.29) is 21.1 Å². The van der Waals surface area contributed by atoms with Crippen molar-refractivity contribution in [2.45, 2.75) is 23.5 Å². The molecule has 0 unspecified atom stereocenters. The number of piperidine rings is 1. The zero-order valence-corrected chi connectivity index (χ0v) is 19.3. The van der Waals surface area contributed by atoms with Gasteiger partial charge in [0.15, 0.2) is 0 Å². The number of sulfonamides is 1. The maximum Gasteiger partial charge on any atom is 0.409 e. The fourth-order valence-corrected chi connectivity index (χ4v) is 6.43. The molecular formula is C20H21ClF2N2O5S2. The van der Waals surface area contributed by atoms with Crippen LogP contribution in [0, 0.1) is 17.6 Å². The molecule has 1 aliphatic heterocycles. The topological polar surface area (TPSA) is 84.0 Å². The second-order valence-electron chi connectivity index (χ2n) is 7.18. The number of hydrogen-bond donors (Lipinski definition) is 0. The van der Waals surface area contributed by atoms with Crippen molar-refractivity contribution in [3.05, 3.63) is 46.3 Å². The summed E-state index contributed by atoms with van der Waals surface area (Å²) in [6.45, 7) is 0.0457. The first-order valence-corrected chi connectivity index (χ1v) is 12.4. The van der Waals surface area contributed by atoms with E-state index >= 15 is 0 Å². The van der Waals surface area contributed by atoms with E-state index in [1.54, 1.807) is 0 Å². The first-order valence-electron chi connectivity index (χ1n) is 9.81. The Morgan fingerprint density at radius 2 is 1.97 bits per heavy atom. The molecule has 1 aromatic heterocycles. The number of halogens is 3. The molecule has 174 valence electrons. The molecule has 0 saturated carbocycles. The summed E-state index contributed by atoms with van der Waals surface area (Å²) in [6, 6.07) is 5.11. The molecule has 1 saturated heterocycles. The van der Waals surface area contributed by atoms with Crippen molar-refractivity contribution >= 4 is 51.0 Å². The van der Waals surface area contributed by atoms with E-state index in [9.17, 15) is 26.8 Å². The van der Waals surface area contributed by atoms with Crippen LogP contribution in [0.3, 0.4) is 0 Å². The van der Waals surface area contributed by atoms with Crippen molar-refractivity contribution < 1.29 is 31.5 Å².